The maximum Gasteiger partial charge on any atom is 0.0989 e. The number of nitrogens with zero attached hydrogens (tertiary/aromatic N) is 1. The fraction of sp³-hybridized carbons (Fsp3) is 1.00. The zero-order valence-electron chi connectivity index (χ0n) is 20.8. The van der Waals surface area contributed by atoms with E-state index in [0.717, 1.165) is 5.92 Å². The van der Waals surface area contributed by atoms with Gasteiger partial charge in [0.25, 0.3) is 0 Å². The average molecular weight is 407 g/mol. The Morgan fingerprint density at radius 3 is 1.62 bits per heavy atom. The molecular weight excluding hydrogens is 350 g/mol. The second-order valence-corrected chi connectivity index (χ2v) is 11.1. The van der Waals surface area contributed by atoms with Crippen LogP contribution in [-0.2, 0) is 0 Å². The largest absolute Gasteiger partial charge is 0.319 e. The maximum atomic E-state index is 2.76. The van der Waals surface area contributed by atoms with Gasteiger partial charge in [0.05, 0.1) is 25.2 Å². The highest BCUT2D eigenvalue weighted by atomic mass is 15.4. The summed E-state index contributed by atoms with van der Waals surface area (Å²) in [6, 6.07) is 0. The van der Waals surface area contributed by atoms with E-state index in [0.29, 0.717) is 5.54 Å². The zero-order chi connectivity index (χ0) is 20.8. The van der Waals surface area contributed by atoms with Crippen LogP contribution in [-0.4, -0.2) is 29.7 Å². The molecule has 2 saturated heterocycles. The molecule has 2 fully saturated rings. The van der Waals surface area contributed by atoms with Gasteiger partial charge >= 0.3 is 0 Å². The molecule has 2 atom stereocenters. The van der Waals surface area contributed by atoms with E-state index in [1.54, 1.807) is 0 Å². The van der Waals surface area contributed by atoms with Gasteiger partial charge < -0.3 is 4.48 Å². The molecule has 1 nitrogen and oxygen atoms in total. The number of hydrogen-bond donors (Lipinski definition) is 0. The molecule has 0 aromatic heterocycles. The molecule has 0 radical (unpaired) electrons. The SMILES string of the molecule is CCCCCCCCC(C)C1(C)CCCCCCCC[N+]12CCCCCCCC2. The predicted molar refractivity (Wildman–Crippen MR) is 130 cm³/mol. The molecule has 2 aliphatic heterocycles. The molecule has 1 spiro atoms. The number of quaternary nitrogens is 1. The van der Waals surface area contributed by atoms with Crippen molar-refractivity contribution in [3.05, 3.63) is 0 Å². The van der Waals surface area contributed by atoms with E-state index in [2.05, 4.69) is 20.8 Å². The first kappa shape index (κ1) is 25.2. The Kier molecular flexibility index (Phi) is 12.3. The minimum atomic E-state index is 0.519. The van der Waals surface area contributed by atoms with Gasteiger partial charge in [-0.05, 0) is 58.3 Å². The van der Waals surface area contributed by atoms with Crippen LogP contribution in [0.2, 0.25) is 0 Å². The third-order valence-corrected chi connectivity index (χ3v) is 9.08. The first-order valence-corrected chi connectivity index (χ1v) is 14.0. The highest BCUT2D eigenvalue weighted by molar-refractivity contribution is 4.85. The summed E-state index contributed by atoms with van der Waals surface area (Å²) in [6.45, 7) is 12.2. The first-order valence-electron chi connectivity index (χ1n) is 14.0. The van der Waals surface area contributed by atoms with Crippen LogP contribution in [0.25, 0.3) is 0 Å². The van der Waals surface area contributed by atoms with Gasteiger partial charge in [0.1, 0.15) is 0 Å². The summed E-state index contributed by atoms with van der Waals surface area (Å²) in [4.78, 5) is 0. The number of rotatable bonds is 8. The van der Waals surface area contributed by atoms with Crippen molar-refractivity contribution in [1.29, 1.82) is 0 Å². The molecule has 2 heterocycles. The third-order valence-electron chi connectivity index (χ3n) is 9.08. The Morgan fingerprint density at radius 2 is 1.07 bits per heavy atom. The molecule has 2 unspecified atom stereocenters. The summed E-state index contributed by atoms with van der Waals surface area (Å²) in [5.41, 5.74) is 0.519. The van der Waals surface area contributed by atoms with E-state index in [1.165, 1.54) is 153 Å². The van der Waals surface area contributed by atoms with Crippen LogP contribution in [0.5, 0.6) is 0 Å². The van der Waals surface area contributed by atoms with Crippen LogP contribution in [0.15, 0.2) is 0 Å². The summed E-state index contributed by atoms with van der Waals surface area (Å²) < 4.78 is 1.49. The van der Waals surface area contributed by atoms with Gasteiger partial charge in [-0.1, -0.05) is 84.5 Å². The average Bonchev–Trinajstić information content (AvgIpc) is 2.84. The van der Waals surface area contributed by atoms with Crippen LogP contribution in [0.1, 0.15) is 149 Å². The predicted octanol–water partition coefficient (Wildman–Crippen LogP) is 9.05. The zero-order valence-corrected chi connectivity index (χ0v) is 20.8. The fourth-order valence-electron chi connectivity index (χ4n) is 6.74. The van der Waals surface area contributed by atoms with Crippen molar-refractivity contribution in [2.75, 3.05) is 19.6 Å². The second kappa shape index (κ2) is 14.1. The maximum absolute atomic E-state index is 2.76. The fourth-order valence-corrected chi connectivity index (χ4v) is 6.74. The summed E-state index contributed by atoms with van der Waals surface area (Å²) >= 11 is 0. The monoisotopic (exact) mass is 406 g/mol. The molecule has 0 N–H and O–H groups in total. The number of hydrogen-bond acceptors (Lipinski definition) is 0. The van der Waals surface area contributed by atoms with Crippen LogP contribution in [0, 0.1) is 5.92 Å². The molecular formula is C28H56N+. The van der Waals surface area contributed by atoms with Crippen molar-refractivity contribution in [1.82, 2.24) is 0 Å². The lowest BCUT2D eigenvalue weighted by Crippen LogP contribution is -2.67. The topological polar surface area (TPSA) is 0 Å². The summed E-state index contributed by atoms with van der Waals surface area (Å²) in [7, 11) is 0. The van der Waals surface area contributed by atoms with Gasteiger partial charge in [-0.2, -0.15) is 0 Å². The molecule has 0 amide bonds. The van der Waals surface area contributed by atoms with E-state index in [-0.39, 0.29) is 0 Å². The second-order valence-electron chi connectivity index (χ2n) is 11.1. The standard InChI is InChI=1S/C28H56N/c1-4-5-6-7-12-17-22-27(2)28(3)23-18-13-8-9-14-19-24-29(28)25-20-15-10-11-16-21-26-29/h27H,4-26H2,1-3H3/q+1. The van der Waals surface area contributed by atoms with Gasteiger partial charge in [0.15, 0.2) is 0 Å². The quantitative estimate of drug-likeness (QED) is 0.278. The molecule has 2 rings (SSSR count). The van der Waals surface area contributed by atoms with Gasteiger partial charge in [-0.3, -0.25) is 0 Å². The Morgan fingerprint density at radius 1 is 0.621 bits per heavy atom. The van der Waals surface area contributed by atoms with E-state index >= 15 is 0 Å². The molecule has 29 heavy (non-hydrogen) atoms. The van der Waals surface area contributed by atoms with Crippen LogP contribution in [0.3, 0.4) is 0 Å². The Hall–Kier alpha value is -0.0400. The van der Waals surface area contributed by atoms with Crippen LogP contribution < -0.4 is 0 Å². The molecule has 0 aromatic carbocycles. The van der Waals surface area contributed by atoms with E-state index < -0.39 is 0 Å². The lowest BCUT2D eigenvalue weighted by atomic mass is 9.75. The summed E-state index contributed by atoms with van der Waals surface area (Å²) in [5, 5.41) is 0. The number of unbranched alkanes of at least 4 members (excludes halogenated alkanes) is 5. The Bertz CT molecular complexity index is 393. The van der Waals surface area contributed by atoms with Crippen LogP contribution in [0.4, 0.5) is 0 Å². The Labute approximate surface area is 185 Å². The van der Waals surface area contributed by atoms with Crippen molar-refractivity contribution in [2.24, 2.45) is 5.92 Å². The molecule has 0 aliphatic carbocycles. The molecule has 172 valence electrons. The van der Waals surface area contributed by atoms with Gasteiger partial charge in [-0.15, -0.1) is 0 Å². The molecule has 0 aromatic rings. The summed E-state index contributed by atoms with van der Waals surface area (Å²) in [6.07, 6.45) is 29.5. The smallest absolute Gasteiger partial charge is 0.0989 e. The van der Waals surface area contributed by atoms with Crippen molar-refractivity contribution in [3.8, 4) is 0 Å². The van der Waals surface area contributed by atoms with Gasteiger partial charge in [0.2, 0.25) is 0 Å². The molecule has 2 aliphatic rings. The lowest BCUT2D eigenvalue weighted by molar-refractivity contribution is -0.979. The van der Waals surface area contributed by atoms with E-state index in [1.807, 2.05) is 0 Å². The first-order chi connectivity index (χ1) is 14.1. The molecule has 0 bridgehead atoms. The van der Waals surface area contributed by atoms with E-state index in [4.69, 9.17) is 0 Å². The minimum Gasteiger partial charge on any atom is -0.319 e. The van der Waals surface area contributed by atoms with Crippen molar-refractivity contribution in [2.45, 2.75) is 155 Å². The van der Waals surface area contributed by atoms with E-state index in [9.17, 15) is 0 Å². The summed E-state index contributed by atoms with van der Waals surface area (Å²) in [5.74, 6) is 0.883. The molecule has 0 saturated carbocycles. The molecule has 1 heteroatoms. The highest BCUT2D eigenvalue weighted by Gasteiger charge is 2.49. The van der Waals surface area contributed by atoms with Gasteiger partial charge in [-0.25, -0.2) is 0 Å². The van der Waals surface area contributed by atoms with Crippen LogP contribution >= 0.6 is 0 Å². The Balaban J connectivity index is 2.11. The van der Waals surface area contributed by atoms with Crippen molar-refractivity contribution >= 4 is 0 Å². The minimum absolute atomic E-state index is 0.519. The van der Waals surface area contributed by atoms with Crippen molar-refractivity contribution in [3.63, 3.8) is 0 Å². The highest BCUT2D eigenvalue weighted by Crippen LogP contribution is 2.42. The van der Waals surface area contributed by atoms with Gasteiger partial charge in [0, 0.05) is 12.3 Å². The lowest BCUT2D eigenvalue weighted by Gasteiger charge is -2.56. The normalized spacial score (nSPS) is 28.2. The third kappa shape index (κ3) is 7.86. The van der Waals surface area contributed by atoms with Crippen molar-refractivity contribution < 1.29 is 4.48 Å².